The third-order valence-corrected chi connectivity index (χ3v) is 6.03. The van der Waals surface area contributed by atoms with E-state index in [0.717, 1.165) is 12.8 Å². The molecule has 6 nitrogen and oxygen atoms in total. The minimum absolute atomic E-state index is 0.00333. The summed E-state index contributed by atoms with van der Waals surface area (Å²) in [4.78, 5) is 12.2. The van der Waals surface area contributed by atoms with Crippen LogP contribution in [0.15, 0.2) is 53.4 Å². The van der Waals surface area contributed by atoms with Gasteiger partial charge in [0.1, 0.15) is 5.75 Å². The predicted molar refractivity (Wildman–Crippen MR) is 115 cm³/mol. The molecule has 2 rings (SSSR count). The Kier molecular flexibility index (Phi) is 8.49. The molecule has 0 aromatic heterocycles. The first-order valence-corrected chi connectivity index (χ1v) is 11.3. The van der Waals surface area contributed by atoms with Crippen LogP contribution in [0, 0.1) is 0 Å². The molecule has 0 aliphatic heterocycles. The van der Waals surface area contributed by atoms with Crippen LogP contribution < -0.4 is 14.8 Å². The van der Waals surface area contributed by atoms with Gasteiger partial charge in [-0.2, -0.15) is 0 Å². The van der Waals surface area contributed by atoms with Crippen molar-refractivity contribution in [1.82, 2.24) is 10.0 Å². The van der Waals surface area contributed by atoms with Gasteiger partial charge in [0, 0.05) is 12.1 Å². The molecule has 2 N–H and O–H groups in total. The Morgan fingerprint density at radius 3 is 2.41 bits per heavy atom. The lowest BCUT2D eigenvalue weighted by atomic mass is 10.1. The van der Waals surface area contributed by atoms with Crippen LogP contribution in [0.3, 0.4) is 0 Å². The standard InChI is InChI=1S/C21H27ClN2O4S/c1-15(2)24-29(26,27)18-11-12-20(19(22)13-18)28-14-21(25)23-16(3)9-10-17-7-5-4-6-8-17/h4-8,11-13,15-16,24H,9-10,14H2,1-3H3,(H,23,25)/t16-/m1/s1. The molecule has 158 valence electrons. The van der Waals surface area contributed by atoms with Crippen LogP contribution in [0.1, 0.15) is 32.8 Å². The lowest BCUT2D eigenvalue weighted by Crippen LogP contribution is -2.36. The zero-order valence-electron chi connectivity index (χ0n) is 16.8. The third-order valence-electron chi connectivity index (χ3n) is 4.08. The summed E-state index contributed by atoms with van der Waals surface area (Å²) in [5, 5.41) is 3.01. The molecule has 0 heterocycles. The summed E-state index contributed by atoms with van der Waals surface area (Å²) in [6, 6.07) is 14.0. The molecule has 0 spiro atoms. The molecule has 1 amide bonds. The first-order chi connectivity index (χ1) is 13.7. The van der Waals surface area contributed by atoms with Gasteiger partial charge < -0.3 is 10.1 Å². The Bertz CT molecular complexity index is 918. The van der Waals surface area contributed by atoms with Crippen molar-refractivity contribution in [3.8, 4) is 5.75 Å². The van der Waals surface area contributed by atoms with Crippen LogP contribution in [0.5, 0.6) is 5.75 Å². The van der Waals surface area contributed by atoms with Crippen LogP contribution in [-0.4, -0.2) is 33.0 Å². The maximum atomic E-state index is 12.2. The summed E-state index contributed by atoms with van der Waals surface area (Å²) in [5.74, 6) is -0.0120. The van der Waals surface area contributed by atoms with Gasteiger partial charge in [-0.05, 0) is 57.4 Å². The minimum atomic E-state index is -3.64. The van der Waals surface area contributed by atoms with Crippen molar-refractivity contribution >= 4 is 27.5 Å². The van der Waals surface area contributed by atoms with E-state index >= 15 is 0 Å². The Hall–Kier alpha value is -2.09. The maximum Gasteiger partial charge on any atom is 0.258 e. The van der Waals surface area contributed by atoms with E-state index in [1.54, 1.807) is 13.8 Å². The number of amides is 1. The van der Waals surface area contributed by atoms with Gasteiger partial charge in [0.05, 0.1) is 9.92 Å². The third kappa shape index (κ3) is 7.68. The molecular weight excluding hydrogens is 412 g/mol. The first kappa shape index (κ1) is 23.2. The fourth-order valence-electron chi connectivity index (χ4n) is 2.70. The second-order valence-corrected chi connectivity index (χ2v) is 9.27. The average molecular weight is 439 g/mol. The molecule has 0 unspecified atom stereocenters. The van der Waals surface area contributed by atoms with Crippen LogP contribution in [0.2, 0.25) is 5.02 Å². The van der Waals surface area contributed by atoms with Gasteiger partial charge in [-0.15, -0.1) is 0 Å². The summed E-state index contributed by atoms with van der Waals surface area (Å²) in [5.41, 5.74) is 1.22. The van der Waals surface area contributed by atoms with Gasteiger partial charge in [-0.3, -0.25) is 4.79 Å². The number of carbonyl (C=O) groups excluding carboxylic acids is 1. The second kappa shape index (κ2) is 10.6. The van der Waals surface area contributed by atoms with Gasteiger partial charge in [-0.25, -0.2) is 13.1 Å². The van der Waals surface area contributed by atoms with Crippen LogP contribution in [0.4, 0.5) is 0 Å². The molecule has 8 heteroatoms. The van der Waals surface area contributed by atoms with Gasteiger partial charge in [0.25, 0.3) is 5.91 Å². The Morgan fingerprint density at radius 1 is 1.10 bits per heavy atom. The summed E-state index contributed by atoms with van der Waals surface area (Å²) < 4.78 is 32.3. The average Bonchev–Trinajstić information content (AvgIpc) is 2.65. The van der Waals surface area contributed by atoms with Gasteiger partial charge in [0.2, 0.25) is 10.0 Å². The number of hydrogen-bond donors (Lipinski definition) is 2. The smallest absolute Gasteiger partial charge is 0.258 e. The van der Waals surface area contributed by atoms with Crippen molar-refractivity contribution in [3.63, 3.8) is 0 Å². The molecule has 2 aromatic carbocycles. The van der Waals surface area contributed by atoms with Crippen LogP contribution in [-0.2, 0) is 21.2 Å². The maximum absolute atomic E-state index is 12.2. The molecule has 0 saturated carbocycles. The quantitative estimate of drug-likeness (QED) is 0.594. The topological polar surface area (TPSA) is 84.5 Å². The Labute approximate surface area is 177 Å². The van der Waals surface area contributed by atoms with Crippen molar-refractivity contribution in [1.29, 1.82) is 0 Å². The molecule has 0 saturated heterocycles. The van der Waals surface area contributed by atoms with Gasteiger partial charge in [-0.1, -0.05) is 41.9 Å². The molecule has 0 fully saturated rings. The molecule has 2 aromatic rings. The summed E-state index contributed by atoms with van der Waals surface area (Å²) >= 11 is 6.13. The van der Waals surface area contributed by atoms with E-state index in [0.29, 0.717) is 0 Å². The molecule has 0 bridgehead atoms. The van der Waals surface area contributed by atoms with Crippen molar-refractivity contribution < 1.29 is 17.9 Å². The number of rotatable bonds is 10. The number of carbonyl (C=O) groups is 1. The molecule has 0 aliphatic carbocycles. The SMILES string of the molecule is CC(C)NS(=O)(=O)c1ccc(OCC(=O)N[C@H](C)CCc2ccccc2)c(Cl)c1. The normalized spacial score (nSPS) is 12.6. The van der Waals surface area contributed by atoms with Crippen molar-refractivity contribution in [2.24, 2.45) is 0 Å². The van der Waals surface area contributed by atoms with E-state index in [9.17, 15) is 13.2 Å². The highest BCUT2D eigenvalue weighted by atomic mass is 35.5. The number of aryl methyl sites for hydroxylation is 1. The molecule has 0 aliphatic rings. The van der Waals surface area contributed by atoms with E-state index in [1.807, 2.05) is 25.1 Å². The van der Waals surface area contributed by atoms with Gasteiger partial charge in [0.15, 0.2) is 6.61 Å². The number of halogens is 1. The highest BCUT2D eigenvalue weighted by molar-refractivity contribution is 7.89. The zero-order chi connectivity index (χ0) is 21.4. The molecular formula is C21H27ClN2O4S. The zero-order valence-corrected chi connectivity index (χ0v) is 18.4. The highest BCUT2D eigenvalue weighted by Gasteiger charge is 2.17. The Morgan fingerprint density at radius 2 is 1.79 bits per heavy atom. The lowest BCUT2D eigenvalue weighted by Gasteiger charge is -2.15. The minimum Gasteiger partial charge on any atom is -0.482 e. The van der Waals surface area contributed by atoms with Crippen molar-refractivity contribution in [2.75, 3.05) is 6.61 Å². The van der Waals surface area contributed by atoms with Gasteiger partial charge >= 0.3 is 0 Å². The van der Waals surface area contributed by atoms with E-state index in [1.165, 1.54) is 23.8 Å². The summed E-state index contributed by atoms with van der Waals surface area (Å²) in [7, 11) is -3.64. The first-order valence-electron chi connectivity index (χ1n) is 9.45. The van der Waals surface area contributed by atoms with E-state index in [2.05, 4.69) is 22.2 Å². The van der Waals surface area contributed by atoms with Crippen molar-refractivity contribution in [2.45, 2.75) is 50.6 Å². The predicted octanol–water partition coefficient (Wildman–Crippen LogP) is 3.54. The number of hydrogen-bond acceptors (Lipinski definition) is 4. The molecule has 1 atom stereocenters. The number of ether oxygens (including phenoxy) is 1. The van der Waals surface area contributed by atoms with Crippen LogP contribution >= 0.6 is 11.6 Å². The number of nitrogens with one attached hydrogen (secondary N) is 2. The van der Waals surface area contributed by atoms with Crippen LogP contribution in [0.25, 0.3) is 0 Å². The largest absolute Gasteiger partial charge is 0.482 e. The summed E-state index contributed by atoms with van der Waals surface area (Å²) in [6.07, 6.45) is 1.68. The molecule has 0 radical (unpaired) electrons. The number of benzene rings is 2. The fourth-order valence-corrected chi connectivity index (χ4v) is 4.28. The lowest BCUT2D eigenvalue weighted by molar-refractivity contribution is -0.123. The second-order valence-electron chi connectivity index (χ2n) is 7.15. The highest BCUT2D eigenvalue weighted by Crippen LogP contribution is 2.27. The number of sulfonamides is 1. The van der Waals surface area contributed by atoms with Crippen molar-refractivity contribution in [3.05, 3.63) is 59.1 Å². The monoisotopic (exact) mass is 438 g/mol. The van der Waals surface area contributed by atoms with E-state index in [-0.39, 0.29) is 40.3 Å². The Balaban J connectivity index is 1.85. The summed E-state index contributed by atoms with van der Waals surface area (Å²) in [6.45, 7) is 5.20. The fraction of sp³-hybridized carbons (Fsp3) is 0.381. The van der Waals surface area contributed by atoms with E-state index in [4.69, 9.17) is 16.3 Å². The molecule has 29 heavy (non-hydrogen) atoms. The van der Waals surface area contributed by atoms with E-state index < -0.39 is 10.0 Å².